The molecule has 1 aromatic rings. The molecule has 7 nitrogen and oxygen atoms in total. The molecule has 6 rings (SSSR count). The molecule has 1 aromatic carbocycles. The lowest BCUT2D eigenvalue weighted by Gasteiger charge is -2.57. The number of nitrogens with zero attached hydrogens (tertiary/aromatic N) is 3. The molecule has 0 spiro atoms. The number of urea groups is 2. The number of alkyl halides is 3. The highest BCUT2D eigenvalue weighted by atomic mass is 19.4. The molecule has 4 amide bonds. The maximum absolute atomic E-state index is 13.5. The first-order chi connectivity index (χ1) is 19.5. The number of halogens is 3. The van der Waals surface area contributed by atoms with Crippen LogP contribution < -0.4 is 10.6 Å². The predicted octanol–water partition coefficient (Wildman–Crippen LogP) is 6.19. The fraction of sp³-hybridized carbons (Fsp3) is 0.677. The number of carbonyl (C=O) groups is 2. The Morgan fingerprint density at radius 2 is 1.71 bits per heavy atom. The topological polar surface area (TPSA) is 67.9 Å². The van der Waals surface area contributed by atoms with E-state index in [0.717, 1.165) is 43.9 Å². The number of amides is 4. The normalized spacial score (nSPS) is 24.7. The van der Waals surface area contributed by atoms with E-state index in [1.54, 1.807) is 4.90 Å². The molecule has 1 saturated heterocycles. The number of rotatable bonds is 7. The lowest BCUT2D eigenvalue weighted by molar-refractivity contribution is -0.137. The Kier molecular flexibility index (Phi) is 8.87. The Hall–Kier alpha value is -2.75. The molecule has 226 valence electrons. The number of benzene rings is 1. The number of allylic oxidation sites excluding steroid dienone is 1. The number of hydrogen-bond donors (Lipinski definition) is 2. The summed E-state index contributed by atoms with van der Waals surface area (Å²) in [5.41, 5.74) is 1.31. The molecule has 1 heterocycles. The highest BCUT2D eigenvalue weighted by Gasteiger charge is 2.51. The molecule has 1 aliphatic heterocycles. The molecule has 3 fully saturated rings. The summed E-state index contributed by atoms with van der Waals surface area (Å²) in [5.74, 6) is 1.31. The van der Waals surface area contributed by atoms with Crippen LogP contribution in [0, 0.1) is 17.3 Å². The van der Waals surface area contributed by atoms with Gasteiger partial charge < -0.3 is 20.4 Å². The minimum atomic E-state index is -4.41. The molecule has 4 aliphatic carbocycles. The summed E-state index contributed by atoms with van der Waals surface area (Å²) in [7, 11) is 0. The number of piperazine rings is 1. The SMILES string of the molecule is CC1(C)C2CC=C(CN(CCN3CCN(C(=O)Nc4ccc(C(F)(F)F)cc4)CC3)C(=O)NC3CCCCC3)C1C2. The second-order valence-electron chi connectivity index (χ2n) is 12.9. The van der Waals surface area contributed by atoms with Gasteiger partial charge in [-0.3, -0.25) is 4.90 Å². The van der Waals surface area contributed by atoms with E-state index < -0.39 is 11.7 Å². The van der Waals surface area contributed by atoms with Gasteiger partial charge in [-0.15, -0.1) is 0 Å². The zero-order chi connectivity index (χ0) is 29.2. The van der Waals surface area contributed by atoms with Crippen molar-refractivity contribution >= 4 is 17.7 Å². The van der Waals surface area contributed by atoms with Crippen molar-refractivity contribution in [3.05, 3.63) is 41.5 Å². The summed E-state index contributed by atoms with van der Waals surface area (Å²) in [4.78, 5) is 32.2. The number of anilines is 1. The minimum Gasteiger partial charge on any atom is -0.335 e. The average molecular weight is 576 g/mol. The smallest absolute Gasteiger partial charge is 0.335 e. The van der Waals surface area contributed by atoms with Crippen molar-refractivity contribution in [3.8, 4) is 0 Å². The maximum atomic E-state index is 13.5. The summed E-state index contributed by atoms with van der Waals surface area (Å²) in [6.45, 7) is 9.15. The second-order valence-corrected chi connectivity index (χ2v) is 12.9. The third kappa shape index (κ3) is 7.01. The van der Waals surface area contributed by atoms with Crippen molar-refractivity contribution in [1.29, 1.82) is 0 Å². The monoisotopic (exact) mass is 575 g/mol. The van der Waals surface area contributed by atoms with Crippen LogP contribution in [-0.4, -0.2) is 78.6 Å². The first-order valence-electron chi connectivity index (χ1n) is 15.2. The molecule has 2 bridgehead atoms. The van der Waals surface area contributed by atoms with E-state index in [1.165, 1.54) is 43.4 Å². The minimum absolute atomic E-state index is 0.0339. The number of hydrogen-bond acceptors (Lipinski definition) is 3. The molecule has 0 radical (unpaired) electrons. The van der Waals surface area contributed by atoms with Gasteiger partial charge in [-0.2, -0.15) is 13.2 Å². The summed E-state index contributed by atoms with van der Waals surface area (Å²) < 4.78 is 38.4. The van der Waals surface area contributed by atoms with Crippen molar-refractivity contribution in [1.82, 2.24) is 20.0 Å². The highest BCUT2D eigenvalue weighted by Crippen LogP contribution is 2.59. The van der Waals surface area contributed by atoms with Crippen molar-refractivity contribution < 1.29 is 22.8 Å². The van der Waals surface area contributed by atoms with E-state index in [4.69, 9.17) is 0 Å². The largest absolute Gasteiger partial charge is 0.416 e. The molecule has 10 heteroatoms. The van der Waals surface area contributed by atoms with Gasteiger partial charge in [0.05, 0.1) is 5.56 Å². The zero-order valence-corrected chi connectivity index (χ0v) is 24.3. The number of nitrogens with one attached hydrogen (secondary N) is 2. The Morgan fingerprint density at radius 3 is 2.32 bits per heavy atom. The lowest BCUT2D eigenvalue weighted by Crippen LogP contribution is -2.54. The maximum Gasteiger partial charge on any atom is 0.416 e. The number of carbonyl (C=O) groups excluding carboxylic acids is 2. The molecular formula is C31H44F3N5O2. The van der Waals surface area contributed by atoms with E-state index >= 15 is 0 Å². The summed E-state index contributed by atoms with van der Waals surface area (Å²) in [6, 6.07) is 4.47. The molecule has 2 atom stereocenters. The molecule has 5 aliphatic rings. The summed E-state index contributed by atoms with van der Waals surface area (Å²) in [6.07, 6.45) is 5.99. The van der Waals surface area contributed by atoms with Gasteiger partial charge in [-0.05, 0) is 67.2 Å². The molecule has 0 aromatic heterocycles. The second kappa shape index (κ2) is 12.2. The van der Waals surface area contributed by atoms with Crippen molar-refractivity contribution in [2.75, 3.05) is 51.1 Å². The Balaban J connectivity index is 1.12. The molecule has 41 heavy (non-hydrogen) atoms. The van der Waals surface area contributed by atoms with E-state index in [1.807, 2.05) is 4.90 Å². The van der Waals surface area contributed by atoms with Crippen LogP contribution in [0.1, 0.15) is 64.4 Å². The molecule has 2 unspecified atom stereocenters. The predicted molar refractivity (Wildman–Crippen MR) is 154 cm³/mol. The van der Waals surface area contributed by atoms with Gasteiger partial charge >= 0.3 is 18.2 Å². The average Bonchev–Trinajstić information content (AvgIpc) is 2.95. The van der Waals surface area contributed by atoms with Crippen LogP contribution in [0.3, 0.4) is 0 Å². The van der Waals surface area contributed by atoms with E-state index in [2.05, 4.69) is 35.5 Å². The fourth-order valence-corrected chi connectivity index (χ4v) is 7.02. The van der Waals surface area contributed by atoms with Crippen LogP contribution in [0.15, 0.2) is 35.9 Å². The fourth-order valence-electron chi connectivity index (χ4n) is 7.02. The molecule has 2 N–H and O–H groups in total. The van der Waals surface area contributed by atoms with E-state index in [-0.39, 0.29) is 18.1 Å². The Labute approximate surface area is 241 Å². The van der Waals surface area contributed by atoms with Gasteiger partial charge in [0.2, 0.25) is 0 Å². The zero-order valence-electron chi connectivity index (χ0n) is 24.3. The molecule has 2 saturated carbocycles. The van der Waals surface area contributed by atoms with Crippen molar-refractivity contribution in [2.45, 2.75) is 71.0 Å². The van der Waals surface area contributed by atoms with E-state index in [0.29, 0.717) is 56.3 Å². The summed E-state index contributed by atoms with van der Waals surface area (Å²) in [5, 5.41) is 6.02. The van der Waals surface area contributed by atoms with Crippen LogP contribution >= 0.6 is 0 Å². The standard InChI is InChI=1S/C31H44F3N5O2/c1-30(2)24-9-8-22(27(30)20-24)21-39(29(41)35-25-6-4-3-5-7-25)19-16-37-14-17-38(18-15-37)28(40)36-26-12-10-23(11-13-26)31(32,33)34/h8,10-13,24-25,27H,3-7,9,14-21H2,1-2H3,(H,35,41)(H,36,40). The van der Waals surface area contributed by atoms with Crippen molar-refractivity contribution in [2.24, 2.45) is 17.3 Å². The summed E-state index contributed by atoms with van der Waals surface area (Å²) >= 11 is 0. The van der Waals surface area contributed by atoms with Crippen LogP contribution in [0.5, 0.6) is 0 Å². The molecular weight excluding hydrogens is 531 g/mol. The van der Waals surface area contributed by atoms with Gasteiger partial charge in [-0.25, -0.2) is 9.59 Å². The van der Waals surface area contributed by atoms with Gasteiger partial charge in [0.15, 0.2) is 0 Å². The van der Waals surface area contributed by atoms with Gasteiger partial charge in [0, 0.05) is 57.5 Å². The van der Waals surface area contributed by atoms with Crippen LogP contribution in [0.4, 0.5) is 28.4 Å². The number of fused-ring (bicyclic) bond motifs is 1. The highest BCUT2D eigenvalue weighted by molar-refractivity contribution is 5.89. The van der Waals surface area contributed by atoms with Crippen LogP contribution in [-0.2, 0) is 6.18 Å². The first-order valence-corrected chi connectivity index (χ1v) is 15.2. The third-order valence-electron chi connectivity index (χ3n) is 9.99. The Bertz CT molecular complexity index is 1110. The van der Waals surface area contributed by atoms with Gasteiger partial charge in [-0.1, -0.05) is 44.8 Å². The van der Waals surface area contributed by atoms with E-state index in [9.17, 15) is 22.8 Å². The lowest BCUT2D eigenvalue weighted by atomic mass is 9.49. The van der Waals surface area contributed by atoms with Crippen LogP contribution in [0.25, 0.3) is 0 Å². The quantitative estimate of drug-likeness (QED) is 0.381. The first kappa shape index (κ1) is 29.7. The van der Waals surface area contributed by atoms with Gasteiger partial charge in [0.1, 0.15) is 0 Å². The van der Waals surface area contributed by atoms with Crippen molar-refractivity contribution in [3.63, 3.8) is 0 Å². The third-order valence-corrected chi connectivity index (χ3v) is 9.99. The van der Waals surface area contributed by atoms with Crippen LogP contribution in [0.2, 0.25) is 0 Å². The Morgan fingerprint density at radius 1 is 1.02 bits per heavy atom. The van der Waals surface area contributed by atoms with Gasteiger partial charge in [0.25, 0.3) is 0 Å².